The predicted octanol–water partition coefficient (Wildman–Crippen LogP) is 4.57. The molecule has 0 atom stereocenters. The molecule has 3 rings (SSSR count). The molecule has 0 radical (unpaired) electrons. The number of nitrogens with one attached hydrogen (secondary N) is 2. The molecule has 4 nitrogen and oxygen atoms in total. The van der Waals surface area contributed by atoms with Gasteiger partial charge in [0.25, 0.3) is 0 Å². The summed E-state index contributed by atoms with van der Waals surface area (Å²) < 4.78 is 39.5. The highest BCUT2D eigenvalue weighted by Gasteiger charge is 2.15. The second-order valence-electron chi connectivity index (χ2n) is 5.20. The van der Waals surface area contributed by atoms with Gasteiger partial charge in [-0.15, -0.1) is 11.3 Å². The summed E-state index contributed by atoms with van der Waals surface area (Å²) in [5.74, 6) is -4.87. The van der Waals surface area contributed by atoms with Crippen LogP contribution >= 0.6 is 22.9 Å². The highest BCUT2D eigenvalue weighted by molar-refractivity contribution is 7.13. The molecule has 0 bridgehead atoms. The second-order valence-corrected chi connectivity index (χ2v) is 6.46. The molecular formula is C17H11ClF3N3OS. The molecule has 0 aliphatic carbocycles. The number of thiazole rings is 1. The number of rotatable bonds is 5. The number of hydrazine groups is 1. The van der Waals surface area contributed by atoms with Gasteiger partial charge in [0.1, 0.15) is 5.01 Å². The minimum atomic E-state index is -1.62. The number of anilines is 1. The van der Waals surface area contributed by atoms with Crippen molar-refractivity contribution in [2.45, 2.75) is 6.42 Å². The Morgan fingerprint density at radius 3 is 2.65 bits per heavy atom. The molecule has 0 saturated heterocycles. The van der Waals surface area contributed by atoms with Gasteiger partial charge in [-0.05, 0) is 18.2 Å². The van der Waals surface area contributed by atoms with Crippen molar-refractivity contribution in [3.8, 4) is 10.6 Å². The molecule has 0 aliphatic rings. The highest BCUT2D eigenvalue weighted by Crippen LogP contribution is 2.30. The minimum absolute atomic E-state index is 0.0841. The van der Waals surface area contributed by atoms with Crippen molar-refractivity contribution < 1.29 is 18.0 Å². The number of benzene rings is 2. The lowest BCUT2D eigenvalue weighted by Gasteiger charge is -2.09. The van der Waals surface area contributed by atoms with Gasteiger partial charge in [-0.2, -0.15) is 0 Å². The maximum Gasteiger partial charge on any atom is 0.244 e. The summed E-state index contributed by atoms with van der Waals surface area (Å²) in [5.41, 5.74) is 5.31. The average Bonchev–Trinajstić information content (AvgIpc) is 3.07. The van der Waals surface area contributed by atoms with E-state index in [1.165, 1.54) is 11.3 Å². The number of carbonyl (C=O) groups excluding carboxylic acids is 1. The van der Waals surface area contributed by atoms with Crippen molar-refractivity contribution in [3.05, 3.63) is 69.9 Å². The largest absolute Gasteiger partial charge is 0.296 e. The molecule has 0 spiro atoms. The topological polar surface area (TPSA) is 54.0 Å². The first kappa shape index (κ1) is 18.2. The third-order valence-electron chi connectivity index (χ3n) is 3.37. The fourth-order valence-electron chi connectivity index (χ4n) is 2.11. The van der Waals surface area contributed by atoms with E-state index in [4.69, 9.17) is 11.6 Å². The third-order valence-corrected chi connectivity index (χ3v) is 4.62. The van der Waals surface area contributed by atoms with Gasteiger partial charge < -0.3 is 0 Å². The van der Waals surface area contributed by atoms with Gasteiger partial charge in [0.15, 0.2) is 17.5 Å². The second kappa shape index (κ2) is 7.76. The van der Waals surface area contributed by atoms with Gasteiger partial charge in [-0.1, -0.05) is 29.8 Å². The van der Waals surface area contributed by atoms with E-state index in [1.807, 2.05) is 12.1 Å². The zero-order valence-corrected chi connectivity index (χ0v) is 14.6. The summed E-state index contributed by atoms with van der Waals surface area (Å²) >= 11 is 7.45. The molecule has 9 heteroatoms. The molecule has 0 unspecified atom stereocenters. The van der Waals surface area contributed by atoms with E-state index in [-0.39, 0.29) is 12.1 Å². The molecule has 0 aliphatic heterocycles. The van der Waals surface area contributed by atoms with Crippen molar-refractivity contribution in [1.82, 2.24) is 10.4 Å². The predicted molar refractivity (Wildman–Crippen MR) is 94.3 cm³/mol. The maximum atomic E-state index is 13.5. The molecule has 26 heavy (non-hydrogen) atoms. The van der Waals surface area contributed by atoms with Gasteiger partial charge in [0.2, 0.25) is 5.91 Å². The first-order valence-corrected chi connectivity index (χ1v) is 8.59. The van der Waals surface area contributed by atoms with Crippen LogP contribution in [-0.2, 0) is 11.2 Å². The summed E-state index contributed by atoms with van der Waals surface area (Å²) in [7, 11) is 0. The molecule has 2 aromatic carbocycles. The fourth-order valence-corrected chi connectivity index (χ4v) is 3.25. The smallest absolute Gasteiger partial charge is 0.244 e. The Morgan fingerprint density at radius 1 is 1.12 bits per heavy atom. The monoisotopic (exact) mass is 397 g/mol. The maximum absolute atomic E-state index is 13.5. The summed E-state index contributed by atoms with van der Waals surface area (Å²) in [6, 6.07) is 8.92. The van der Waals surface area contributed by atoms with Gasteiger partial charge in [0, 0.05) is 10.9 Å². The molecule has 0 fully saturated rings. The number of aromatic nitrogens is 1. The molecule has 0 saturated carbocycles. The van der Waals surface area contributed by atoms with E-state index in [0.29, 0.717) is 15.7 Å². The Morgan fingerprint density at radius 2 is 1.88 bits per heavy atom. The molecule has 1 amide bonds. The minimum Gasteiger partial charge on any atom is -0.296 e. The molecule has 1 aromatic heterocycles. The standard InChI is InChI=1S/C17H11ClF3N3OS/c18-11-4-2-1-3-10(11)17-22-9(8-26-17)7-14(25)24-23-13-6-5-12(19)15(20)16(13)21/h1-6,8,23H,7H2,(H,24,25). The van der Waals surface area contributed by atoms with Crippen molar-refractivity contribution >= 4 is 34.5 Å². The quantitative estimate of drug-likeness (QED) is 0.490. The molecule has 3 aromatic rings. The van der Waals surface area contributed by atoms with E-state index >= 15 is 0 Å². The van der Waals surface area contributed by atoms with E-state index < -0.39 is 23.4 Å². The van der Waals surface area contributed by atoms with Crippen LogP contribution in [0.4, 0.5) is 18.9 Å². The SMILES string of the molecule is O=C(Cc1csc(-c2ccccc2Cl)n1)NNc1ccc(F)c(F)c1F. The van der Waals surface area contributed by atoms with Crippen LogP contribution in [0.25, 0.3) is 10.6 Å². The van der Waals surface area contributed by atoms with E-state index in [1.54, 1.807) is 17.5 Å². The Hall–Kier alpha value is -2.58. The van der Waals surface area contributed by atoms with Crippen molar-refractivity contribution in [1.29, 1.82) is 0 Å². The van der Waals surface area contributed by atoms with Crippen LogP contribution in [0.3, 0.4) is 0 Å². The van der Waals surface area contributed by atoms with Gasteiger partial charge in [0.05, 0.1) is 22.8 Å². The van der Waals surface area contributed by atoms with E-state index in [2.05, 4.69) is 15.8 Å². The van der Waals surface area contributed by atoms with Crippen LogP contribution in [0.1, 0.15) is 5.69 Å². The van der Waals surface area contributed by atoms with E-state index in [9.17, 15) is 18.0 Å². The highest BCUT2D eigenvalue weighted by atomic mass is 35.5. The van der Waals surface area contributed by atoms with E-state index in [0.717, 1.165) is 17.7 Å². The fraction of sp³-hybridized carbons (Fsp3) is 0.0588. The van der Waals surface area contributed by atoms with Crippen LogP contribution in [0.5, 0.6) is 0 Å². The Labute approximate surface area is 155 Å². The van der Waals surface area contributed by atoms with Gasteiger partial charge in [-0.25, -0.2) is 18.2 Å². The van der Waals surface area contributed by atoms with Crippen LogP contribution in [0.2, 0.25) is 5.02 Å². The van der Waals surface area contributed by atoms with Crippen LogP contribution < -0.4 is 10.9 Å². The molecule has 134 valence electrons. The first-order valence-electron chi connectivity index (χ1n) is 7.33. The average molecular weight is 398 g/mol. The summed E-state index contributed by atoms with van der Waals surface area (Å²) in [5, 5.41) is 2.92. The normalized spacial score (nSPS) is 10.6. The molecular weight excluding hydrogens is 387 g/mol. The number of carbonyl (C=O) groups is 1. The Kier molecular flexibility index (Phi) is 5.43. The Bertz CT molecular complexity index is 964. The van der Waals surface area contributed by atoms with Crippen molar-refractivity contribution in [2.24, 2.45) is 0 Å². The van der Waals surface area contributed by atoms with Gasteiger partial charge in [-0.3, -0.25) is 15.6 Å². The van der Waals surface area contributed by atoms with Crippen molar-refractivity contribution in [3.63, 3.8) is 0 Å². The first-order chi connectivity index (χ1) is 12.5. The third kappa shape index (κ3) is 3.97. The number of hydrogen-bond donors (Lipinski definition) is 2. The number of halogens is 4. The Balaban J connectivity index is 1.63. The lowest BCUT2D eigenvalue weighted by atomic mass is 10.2. The molecule has 1 heterocycles. The van der Waals surface area contributed by atoms with Crippen LogP contribution in [0, 0.1) is 17.5 Å². The van der Waals surface area contributed by atoms with Crippen LogP contribution in [-0.4, -0.2) is 10.9 Å². The van der Waals surface area contributed by atoms with Crippen molar-refractivity contribution in [2.75, 3.05) is 5.43 Å². The summed E-state index contributed by atoms with van der Waals surface area (Å²) in [6.45, 7) is 0. The van der Waals surface area contributed by atoms with Crippen LogP contribution in [0.15, 0.2) is 41.8 Å². The summed E-state index contributed by atoms with van der Waals surface area (Å²) in [6.07, 6.45) is -0.0841. The summed E-state index contributed by atoms with van der Waals surface area (Å²) in [4.78, 5) is 16.3. The van der Waals surface area contributed by atoms with Gasteiger partial charge >= 0.3 is 0 Å². The zero-order chi connectivity index (χ0) is 18.7. The number of nitrogens with zero attached hydrogens (tertiary/aromatic N) is 1. The lowest BCUT2D eigenvalue weighted by Crippen LogP contribution is -2.31. The number of amides is 1. The number of hydrogen-bond acceptors (Lipinski definition) is 4. The zero-order valence-electron chi connectivity index (χ0n) is 13.0. The lowest BCUT2D eigenvalue weighted by molar-refractivity contribution is -0.120. The molecule has 2 N–H and O–H groups in total.